The van der Waals surface area contributed by atoms with Crippen LogP contribution in [0.1, 0.15) is 17.0 Å². The molecule has 1 unspecified atom stereocenters. The highest BCUT2D eigenvalue weighted by Crippen LogP contribution is 2.52. The topological polar surface area (TPSA) is 125 Å². The molecule has 2 aromatic carbocycles. The number of carbonyl (C=O) groups excluding carboxylic acids is 1. The molecule has 0 aromatic heterocycles. The molecule has 0 radical (unpaired) electrons. The number of aromatic hydroxyl groups is 4. The second kappa shape index (κ2) is 6.56. The number of Topliss-reactive ketones (excluding diaryl/α,β-unsaturated/α-hetero) is 1. The molecule has 8 nitrogen and oxygen atoms in total. The minimum Gasteiger partial charge on any atom is -0.510 e. The largest absolute Gasteiger partial charge is 0.510 e. The van der Waals surface area contributed by atoms with E-state index in [1.54, 1.807) is 38.0 Å². The Morgan fingerprint density at radius 1 is 0.714 bits per heavy atom. The number of carbonyl (C=O) groups is 1. The Bertz CT molecular complexity index is 964. The molecular formula is C20H22N2O6. The molecular weight excluding hydrogens is 364 g/mol. The highest BCUT2D eigenvalue weighted by Gasteiger charge is 2.46. The number of rotatable bonds is 4. The van der Waals surface area contributed by atoms with Crippen molar-refractivity contribution in [3.8, 4) is 23.0 Å². The Morgan fingerprint density at radius 3 is 1.46 bits per heavy atom. The van der Waals surface area contributed by atoms with Gasteiger partial charge in [-0.25, -0.2) is 0 Å². The van der Waals surface area contributed by atoms with E-state index in [1.807, 2.05) is 0 Å². The predicted molar refractivity (Wildman–Crippen MR) is 105 cm³/mol. The van der Waals surface area contributed by atoms with E-state index in [9.17, 15) is 30.3 Å². The highest BCUT2D eigenvalue weighted by molar-refractivity contribution is 6.33. The summed E-state index contributed by atoms with van der Waals surface area (Å²) >= 11 is 0. The predicted octanol–water partition coefficient (Wildman–Crippen LogP) is 2.28. The van der Waals surface area contributed by atoms with Crippen LogP contribution in [0.5, 0.6) is 23.0 Å². The molecule has 5 N–H and O–H groups in total. The minimum absolute atomic E-state index is 0.124. The zero-order valence-electron chi connectivity index (χ0n) is 15.9. The van der Waals surface area contributed by atoms with E-state index in [4.69, 9.17) is 0 Å². The molecule has 1 aliphatic carbocycles. The summed E-state index contributed by atoms with van der Waals surface area (Å²) in [4.78, 5) is 16.1. The molecule has 0 heterocycles. The summed E-state index contributed by atoms with van der Waals surface area (Å²) in [5.74, 6) is -3.78. The second-order valence-corrected chi connectivity index (χ2v) is 7.10. The number of allylic oxidation sites excluding steroid dienone is 2. The lowest BCUT2D eigenvalue weighted by Gasteiger charge is -2.30. The number of anilines is 2. The molecule has 1 atom stereocenters. The van der Waals surface area contributed by atoms with Crippen molar-refractivity contribution < 1.29 is 30.3 Å². The van der Waals surface area contributed by atoms with Crippen LogP contribution >= 0.6 is 0 Å². The van der Waals surface area contributed by atoms with Crippen molar-refractivity contribution in [1.29, 1.82) is 0 Å². The van der Waals surface area contributed by atoms with E-state index in [0.717, 1.165) is 0 Å². The molecule has 3 rings (SSSR count). The molecule has 2 aromatic rings. The fourth-order valence-corrected chi connectivity index (χ4v) is 3.25. The van der Waals surface area contributed by atoms with Gasteiger partial charge in [-0.15, -0.1) is 0 Å². The first-order chi connectivity index (χ1) is 13.0. The summed E-state index contributed by atoms with van der Waals surface area (Å²) in [6.07, 6.45) is 0. The van der Waals surface area contributed by atoms with Crippen LogP contribution in [0, 0.1) is 0 Å². The lowest BCUT2D eigenvalue weighted by Crippen LogP contribution is -2.29. The van der Waals surface area contributed by atoms with E-state index >= 15 is 0 Å². The molecule has 0 aliphatic heterocycles. The number of aliphatic hydroxyl groups excluding tert-OH is 1. The molecule has 0 saturated carbocycles. The fraction of sp³-hybridized carbons (Fsp3) is 0.250. The third-order valence-electron chi connectivity index (χ3n) is 4.81. The molecule has 28 heavy (non-hydrogen) atoms. The van der Waals surface area contributed by atoms with Crippen LogP contribution in [0.25, 0.3) is 5.57 Å². The Hall–Kier alpha value is -3.55. The van der Waals surface area contributed by atoms with Crippen LogP contribution < -0.4 is 9.80 Å². The summed E-state index contributed by atoms with van der Waals surface area (Å²) in [7, 11) is 6.89. The fourth-order valence-electron chi connectivity index (χ4n) is 3.25. The van der Waals surface area contributed by atoms with Crippen molar-refractivity contribution in [2.45, 2.75) is 5.92 Å². The first kappa shape index (κ1) is 19.2. The molecule has 0 amide bonds. The van der Waals surface area contributed by atoms with E-state index in [0.29, 0.717) is 11.4 Å². The normalized spacial score (nSPS) is 16.1. The number of hydrogen-bond acceptors (Lipinski definition) is 8. The van der Waals surface area contributed by atoms with Gasteiger partial charge in [0, 0.05) is 63.8 Å². The maximum absolute atomic E-state index is 12.7. The van der Waals surface area contributed by atoms with Crippen molar-refractivity contribution >= 4 is 22.7 Å². The molecule has 0 fully saturated rings. The number of aliphatic hydroxyl groups is 1. The summed E-state index contributed by atoms with van der Waals surface area (Å²) < 4.78 is 0. The Balaban J connectivity index is 2.09. The Labute approximate surface area is 161 Å². The van der Waals surface area contributed by atoms with Crippen LogP contribution in [-0.4, -0.2) is 59.5 Å². The van der Waals surface area contributed by atoms with Gasteiger partial charge in [0.15, 0.2) is 5.78 Å². The monoisotopic (exact) mass is 386 g/mol. The van der Waals surface area contributed by atoms with Gasteiger partial charge in [-0.1, -0.05) is 0 Å². The quantitative estimate of drug-likeness (QED) is 0.542. The van der Waals surface area contributed by atoms with Gasteiger partial charge in [-0.2, -0.15) is 0 Å². The van der Waals surface area contributed by atoms with Gasteiger partial charge in [0.25, 0.3) is 0 Å². The Morgan fingerprint density at radius 2 is 1.11 bits per heavy atom. The maximum Gasteiger partial charge on any atom is 0.182 e. The van der Waals surface area contributed by atoms with Crippen molar-refractivity contribution in [3.05, 3.63) is 41.2 Å². The smallest absolute Gasteiger partial charge is 0.182 e. The van der Waals surface area contributed by atoms with Crippen molar-refractivity contribution in [2.24, 2.45) is 0 Å². The SMILES string of the molecule is CN(C)c1cc(O)c(C2=C(O)C(c3c(O)cc(N(C)C)cc3O)C2=O)c(O)c1. The van der Waals surface area contributed by atoms with Crippen LogP contribution in [-0.2, 0) is 4.79 Å². The number of phenolic OH excluding ortho intramolecular Hbond substituents is 4. The summed E-state index contributed by atoms with van der Waals surface area (Å²) in [6.45, 7) is 0. The van der Waals surface area contributed by atoms with Crippen molar-refractivity contribution in [2.75, 3.05) is 38.0 Å². The molecule has 1 aliphatic rings. The lowest BCUT2D eigenvalue weighted by atomic mass is 9.74. The van der Waals surface area contributed by atoms with E-state index in [2.05, 4.69) is 0 Å². The lowest BCUT2D eigenvalue weighted by molar-refractivity contribution is -0.116. The van der Waals surface area contributed by atoms with Crippen LogP contribution in [0.2, 0.25) is 0 Å². The van der Waals surface area contributed by atoms with Crippen molar-refractivity contribution in [3.63, 3.8) is 0 Å². The van der Waals surface area contributed by atoms with Crippen LogP contribution in [0.4, 0.5) is 11.4 Å². The number of benzene rings is 2. The van der Waals surface area contributed by atoms with Gasteiger partial charge in [-0.05, 0) is 0 Å². The highest BCUT2D eigenvalue weighted by atomic mass is 16.3. The molecule has 148 valence electrons. The molecule has 0 saturated heterocycles. The van der Waals surface area contributed by atoms with Crippen LogP contribution in [0.3, 0.4) is 0 Å². The number of ketones is 1. The molecule has 0 spiro atoms. The van der Waals surface area contributed by atoms with E-state index < -0.39 is 17.5 Å². The maximum atomic E-state index is 12.7. The third-order valence-corrected chi connectivity index (χ3v) is 4.81. The Kier molecular flexibility index (Phi) is 4.50. The second-order valence-electron chi connectivity index (χ2n) is 7.10. The summed E-state index contributed by atoms with van der Waals surface area (Å²) in [5.41, 5.74) is 0.468. The van der Waals surface area contributed by atoms with E-state index in [-0.39, 0.29) is 39.7 Å². The van der Waals surface area contributed by atoms with Crippen LogP contribution in [0.15, 0.2) is 30.0 Å². The summed E-state index contributed by atoms with van der Waals surface area (Å²) in [5, 5.41) is 51.6. The number of phenols is 4. The van der Waals surface area contributed by atoms with E-state index in [1.165, 1.54) is 24.3 Å². The van der Waals surface area contributed by atoms with Gasteiger partial charge >= 0.3 is 0 Å². The van der Waals surface area contributed by atoms with Gasteiger partial charge in [-0.3, -0.25) is 4.79 Å². The standard InChI is InChI=1S/C20H22N2O6/c1-21(2)9-5-11(23)15(12(24)6-9)17-19(27)18(20(17)28)16-13(25)7-10(22(3)4)8-14(16)26/h5-8,17,23-27H,1-4H3. The minimum atomic E-state index is -1.28. The van der Waals surface area contributed by atoms with Gasteiger partial charge in [0.2, 0.25) is 0 Å². The molecule has 0 bridgehead atoms. The summed E-state index contributed by atoms with van der Waals surface area (Å²) in [6, 6.07) is 5.45. The van der Waals surface area contributed by atoms with Gasteiger partial charge in [0.05, 0.1) is 16.7 Å². The average Bonchev–Trinajstić information content (AvgIpc) is 2.60. The van der Waals surface area contributed by atoms with Gasteiger partial charge in [0.1, 0.15) is 34.7 Å². The first-order valence-corrected chi connectivity index (χ1v) is 8.48. The zero-order chi connectivity index (χ0) is 20.9. The van der Waals surface area contributed by atoms with Gasteiger partial charge < -0.3 is 35.3 Å². The third kappa shape index (κ3) is 2.83. The number of nitrogens with zero attached hydrogens (tertiary/aromatic N) is 2. The average molecular weight is 386 g/mol. The first-order valence-electron chi connectivity index (χ1n) is 8.48. The molecule has 8 heteroatoms. The van der Waals surface area contributed by atoms with Crippen molar-refractivity contribution in [1.82, 2.24) is 0 Å². The zero-order valence-corrected chi connectivity index (χ0v) is 15.9. The number of hydrogen-bond donors (Lipinski definition) is 5.